The minimum atomic E-state index is -0.437. The molecule has 8 heteroatoms. The van der Waals surface area contributed by atoms with Crippen molar-refractivity contribution in [3.63, 3.8) is 0 Å². The maximum atomic E-state index is 12.5. The Labute approximate surface area is 184 Å². The lowest BCUT2D eigenvalue weighted by atomic mass is 10.1. The smallest absolute Gasteiger partial charge is 0.293 e. The van der Waals surface area contributed by atoms with Crippen LogP contribution in [0.2, 0.25) is 5.02 Å². The number of carbonyl (C=O) groups excluding carboxylic acids is 1. The molecule has 2 aromatic heterocycles. The van der Waals surface area contributed by atoms with Crippen LogP contribution in [0.15, 0.2) is 65.3 Å². The van der Waals surface area contributed by atoms with E-state index in [1.165, 1.54) is 5.56 Å². The molecule has 0 bridgehead atoms. The van der Waals surface area contributed by atoms with E-state index in [9.17, 15) is 4.79 Å². The quantitative estimate of drug-likeness (QED) is 0.439. The summed E-state index contributed by atoms with van der Waals surface area (Å²) in [7, 11) is 0. The van der Waals surface area contributed by atoms with Crippen LogP contribution >= 0.6 is 11.6 Å². The Kier molecular flexibility index (Phi) is 6.04. The predicted molar refractivity (Wildman–Crippen MR) is 117 cm³/mol. The van der Waals surface area contributed by atoms with Gasteiger partial charge in [-0.15, -0.1) is 5.10 Å². The number of nitrogens with zero attached hydrogens (tertiary/aromatic N) is 3. The summed E-state index contributed by atoms with van der Waals surface area (Å²) in [5, 5.41) is 7.45. The van der Waals surface area contributed by atoms with E-state index in [-0.39, 0.29) is 18.3 Å². The Morgan fingerprint density at radius 1 is 1.13 bits per heavy atom. The minimum Gasteiger partial charge on any atom is -0.484 e. The van der Waals surface area contributed by atoms with Crippen LogP contribution in [0, 0.1) is 13.8 Å². The molecular weight excluding hydrogens is 416 g/mol. The third-order valence-corrected chi connectivity index (χ3v) is 4.93. The van der Waals surface area contributed by atoms with Crippen molar-refractivity contribution < 1.29 is 13.9 Å². The van der Waals surface area contributed by atoms with Gasteiger partial charge < -0.3 is 9.15 Å². The molecule has 0 spiro atoms. The highest BCUT2D eigenvalue weighted by Gasteiger charge is 2.15. The fourth-order valence-electron chi connectivity index (χ4n) is 2.99. The van der Waals surface area contributed by atoms with Gasteiger partial charge >= 0.3 is 0 Å². The molecule has 0 atom stereocenters. The second kappa shape index (κ2) is 9.06. The van der Waals surface area contributed by atoms with Gasteiger partial charge in [0, 0.05) is 0 Å². The molecule has 4 aromatic rings. The summed E-state index contributed by atoms with van der Waals surface area (Å²) >= 11 is 6.17. The molecule has 0 radical (unpaired) electrons. The Hall–Kier alpha value is -3.58. The Balaban J connectivity index is 1.35. The third kappa shape index (κ3) is 5.13. The normalized spacial score (nSPS) is 10.8. The monoisotopic (exact) mass is 436 g/mol. The number of hydrogen-bond acceptors (Lipinski definition) is 5. The molecule has 4 rings (SSSR count). The van der Waals surface area contributed by atoms with Crippen LogP contribution in [0.1, 0.15) is 33.0 Å². The van der Waals surface area contributed by atoms with Crippen molar-refractivity contribution in [2.45, 2.75) is 27.0 Å². The molecule has 0 aliphatic carbocycles. The van der Waals surface area contributed by atoms with Crippen LogP contribution in [0.3, 0.4) is 0 Å². The van der Waals surface area contributed by atoms with E-state index in [4.69, 9.17) is 20.8 Å². The molecule has 0 fully saturated rings. The van der Waals surface area contributed by atoms with Crippen molar-refractivity contribution in [3.05, 3.63) is 94.2 Å². The van der Waals surface area contributed by atoms with Crippen molar-refractivity contribution in [2.24, 2.45) is 0 Å². The van der Waals surface area contributed by atoms with E-state index >= 15 is 0 Å². The van der Waals surface area contributed by atoms with Gasteiger partial charge in [0.25, 0.3) is 5.91 Å². The number of halogens is 1. The summed E-state index contributed by atoms with van der Waals surface area (Å²) < 4.78 is 13.0. The third-order valence-electron chi connectivity index (χ3n) is 4.64. The van der Waals surface area contributed by atoms with E-state index in [2.05, 4.69) is 15.4 Å². The molecular formula is C23H21ClN4O3. The Morgan fingerprint density at radius 3 is 2.71 bits per heavy atom. The summed E-state index contributed by atoms with van der Waals surface area (Å²) in [6, 6.07) is 16.9. The Bertz CT molecular complexity index is 1180. The maximum absolute atomic E-state index is 12.5. The van der Waals surface area contributed by atoms with Crippen LogP contribution in [-0.4, -0.2) is 20.7 Å². The molecule has 1 amide bonds. The second-order valence-electron chi connectivity index (χ2n) is 7.15. The summed E-state index contributed by atoms with van der Waals surface area (Å²) in [6.07, 6.45) is 1.57. The molecule has 0 saturated carbocycles. The standard InChI is InChI=1S/C23H21ClN4O3/c1-15-6-8-17(9-7-15)12-28-14-25-23(27-28)26-22(29)20-11-10-18(31-20)13-30-21-16(2)4-3-5-19(21)24/h3-11,14H,12-13H2,1-2H3,(H,26,27,29). The zero-order valence-corrected chi connectivity index (χ0v) is 17.9. The van der Waals surface area contributed by atoms with E-state index in [1.54, 1.807) is 29.2 Å². The fraction of sp³-hybridized carbons (Fsp3) is 0.174. The van der Waals surface area contributed by atoms with Gasteiger partial charge in [0.1, 0.15) is 24.4 Å². The van der Waals surface area contributed by atoms with Gasteiger partial charge in [-0.05, 0) is 43.2 Å². The first-order valence-corrected chi connectivity index (χ1v) is 10.1. The zero-order chi connectivity index (χ0) is 21.8. The van der Waals surface area contributed by atoms with Crippen molar-refractivity contribution >= 4 is 23.5 Å². The summed E-state index contributed by atoms with van der Waals surface area (Å²) in [6.45, 7) is 4.66. The number of ether oxygens (including phenoxy) is 1. The van der Waals surface area contributed by atoms with Crippen LogP contribution in [0.25, 0.3) is 0 Å². The lowest BCUT2D eigenvalue weighted by molar-refractivity contribution is 0.0991. The lowest BCUT2D eigenvalue weighted by Gasteiger charge is -2.09. The van der Waals surface area contributed by atoms with Gasteiger partial charge in [-0.25, -0.2) is 9.67 Å². The number of anilines is 1. The molecule has 0 aliphatic rings. The van der Waals surface area contributed by atoms with Gasteiger partial charge in [-0.3, -0.25) is 10.1 Å². The first kappa shape index (κ1) is 20.7. The number of benzene rings is 2. The summed E-state index contributed by atoms with van der Waals surface area (Å²) in [5.41, 5.74) is 3.21. The first-order valence-electron chi connectivity index (χ1n) is 9.71. The number of furan rings is 1. The number of aryl methyl sites for hydroxylation is 2. The number of aromatic nitrogens is 3. The number of para-hydroxylation sites is 1. The average molecular weight is 437 g/mol. The molecule has 2 aromatic carbocycles. The van der Waals surface area contributed by atoms with Crippen molar-refractivity contribution in [1.29, 1.82) is 0 Å². The van der Waals surface area contributed by atoms with Crippen molar-refractivity contribution in [1.82, 2.24) is 14.8 Å². The minimum absolute atomic E-state index is 0.143. The van der Waals surface area contributed by atoms with Gasteiger partial charge in [0.15, 0.2) is 5.76 Å². The zero-order valence-electron chi connectivity index (χ0n) is 17.1. The number of rotatable bonds is 7. The fourth-order valence-corrected chi connectivity index (χ4v) is 3.27. The number of nitrogens with one attached hydrogen (secondary N) is 1. The highest BCUT2D eigenvalue weighted by Crippen LogP contribution is 2.28. The largest absolute Gasteiger partial charge is 0.484 e. The molecule has 0 saturated heterocycles. The average Bonchev–Trinajstić information content (AvgIpc) is 3.39. The van der Waals surface area contributed by atoms with Gasteiger partial charge in [0.05, 0.1) is 11.6 Å². The van der Waals surface area contributed by atoms with Crippen LogP contribution in [0.5, 0.6) is 5.75 Å². The van der Waals surface area contributed by atoms with Crippen LogP contribution in [0.4, 0.5) is 5.95 Å². The number of hydrogen-bond donors (Lipinski definition) is 1. The van der Waals surface area contributed by atoms with Gasteiger partial charge in [-0.1, -0.05) is 53.6 Å². The molecule has 158 valence electrons. The first-order chi connectivity index (χ1) is 15.0. The van der Waals surface area contributed by atoms with E-state index in [1.807, 2.05) is 50.2 Å². The summed E-state index contributed by atoms with van der Waals surface area (Å²) in [4.78, 5) is 16.6. The number of carbonyl (C=O) groups is 1. The molecule has 0 unspecified atom stereocenters. The summed E-state index contributed by atoms with van der Waals surface area (Å²) in [5.74, 6) is 1.01. The van der Waals surface area contributed by atoms with E-state index < -0.39 is 5.91 Å². The van der Waals surface area contributed by atoms with Gasteiger partial charge in [0.2, 0.25) is 5.95 Å². The maximum Gasteiger partial charge on any atom is 0.293 e. The predicted octanol–water partition coefficient (Wildman–Crippen LogP) is 5.02. The van der Waals surface area contributed by atoms with E-state index in [0.29, 0.717) is 23.1 Å². The molecule has 2 heterocycles. The van der Waals surface area contributed by atoms with Crippen LogP contribution in [-0.2, 0) is 13.2 Å². The Morgan fingerprint density at radius 2 is 1.94 bits per heavy atom. The van der Waals surface area contributed by atoms with Crippen molar-refractivity contribution in [3.8, 4) is 5.75 Å². The topological polar surface area (TPSA) is 82.2 Å². The molecule has 0 aliphatic heterocycles. The SMILES string of the molecule is Cc1ccc(Cn2cnc(NC(=O)c3ccc(COc4c(C)cccc4Cl)o3)n2)cc1. The van der Waals surface area contributed by atoms with Crippen molar-refractivity contribution in [2.75, 3.05) is 5.32 Å². The van der Waals surface area contributed by atoms with E-state index in [0.717, 1.165) is 11.1 Å². The highest BCUT2D eigenvalue weighted by atomic mass is 35.5. The molecule has 31 heavy (non-hydrogen) atoms. The van der Waals surface area contributed by atoms with Gasteiger partial charge in [-0.2, -0.15) is 0 Å². The number of amides is 1. The van der Waals surface area contributed by atoms with Crippen LogP contribution < -0.4 is 10.1 Å². The highest BCUT2D eigenvalue weighted by molar-refractivity contribution is 6.32. The second-order valence-corrected chi connectivity index (χ2v) is 7.55. The lowest BCUT2D eigenvalue weighted by Crippen LogP contribution is -2.12. The molecule has 7 nitrogen and oxygen atoms in total. The molecule has 1 N–H and O–H groups in total.